The Morgan fingerprint density at radius 1 is 1.35 bits per heavy atom. The number of aromatic hydroxyl groups is 1. The van der Waals surface area contributed by atoms with Gasteiger partial charge in [-0.05, 0) is 74.2 Å². The molecule has 2 aliphatic carbocycles. The first-order chi connectivity index (χ1) is 11.1. The van der Waals surface area contributed by atoms with Gasteiger partial charge >= 0.3 is 0 Å². The van der Waals surface area contributed by atoms with Crippen LogP contribution in [-0.2, 0) is 16.6 Å². The quantitative estimate of drug-likeness (QED) is 0.881. The van der Waals surface area contributed by atoms with Gasteiger partial charge in [0.05, 0.1) is 5.60 Å². The summed E-state index contributed by atoms with van der Waals surface area (Å²) in [6, 6.07) is 6.46. The molecule has 1 aromatic rings. The van der Waals surface area contributed by atoms with Crippen molar-refractivity contribution < 1.29 is 9.84 Å². The van der Waals surface area contributed by atoms with Crippen molar-refractivity contribution in [2.24, 2.45) is 11.8 Å². The largest absolute Gasteiger partial charge is 0.508 e. The van der Waals surface area contributed by atoms with Crippen LogP contribution in [0.2, 0.25) is 0 Å². The molecule has 0 radical (unpaired) electrons. The predicted octanol–water partition coefficient (Wildman–Crippen LogP) is 3.14. The van der Waals surface area contributed by atoms with Crippen molar-refractivity contribution in [3.8, 4) is 5.75 Å². The summed E-state index contributed by atoms with van der Waals surface area (Å²) in [4.78, 5) is 0. The number of hydrogen-bond donors (Lipinski definition) is 2. The van der Waals surface area contributed by atoms with E-state index in [4.69, 9.17) is 4.74 Å². The summed E-state index contributed by atoms with van der Waals surface area (Å²) in [6.45, 7) is 4.33. The van der Waals surface area contributed by atoms with Gasteiger partial charge in [-0.25, -0.2) is 0 Å². The van der Waals surface area contributed by atoms with E-state index in [2.05, 4.69) is 24.4 Å². The van der Waals surface area contributed by atoms with Crippen molar-refractivity contribution in [1.82, 2.24) is 5.32 Å². The van der Waals surface area contributed by atoms with Gasteiger partial charge in [-0.3, -0.25) is 0 Å². The molecular formula is C20H27NO2. The number of hydrogen-bond acceptors (Lipinski definition) is 3. The molecule has 2 N–H and O–H groups in total. The lowest BCUT2D eigenvalue weighted by Crippen LogP contribution is -2.75. The van der Waals surface area contributed by atoms with E-state index < -0.39 is 0 Å². The number of phenolic OH excluding ortho intramolecular Hbond substituents is 1. The second-order valence-electron chi connectivity index (χ2n) is 8.41. The van der Waals surface area contributed by atoms with Crippen LogP contribution in [0.5, 0.6) is 5.75 Å². The minimum absolute atomic E-state index is 0.0794. The average molecular weight is 313 g/mol. The van der Waals surface area contributed by atoms with Crippen LogP contribution < -0.4 is 5.32 Å². The molecule has 1 aromatic carbocycles. The SMILES string of the molecule is C[C@@]12OCCCC13c1cc(O)ccc1C[C@@H]2NCC3CC1CC1. The number of phenols is 1. The Hall–Kier alpha value is -1.06. The molecule has 4 atom stereocenters. The molecule has 2 unspecified atom stereocenters. The molecule has 1 saturated carbocycles. The van der Waals surface area contributed by atoms with Crippen molar-refractivity contribution in [2.45, 2.75) is 62.5 Å². The van der Waals surface area contributed by atoms with E-state index in [1.54, 1.807) is 0 Å². The van der Waals surface area contributed by atoms with Crippen LogP contribution in [0.15, 0.2) is 18.2 Å². The molecule has 2 saturated heterocycles. The monoisotopic (exact) mass is 313 g/mol. The third-order valence-electron chi connectivity index (χ3n) is 7.29. The smallest absolute Gasteiger partial charge is 0.115 e. The van der Waals surface area contributed by atoms with Gasteiger partial charge in [0.25, 0.3) is 0 Å². The zero-order chi connectivity index (χ0) is 15.7. The van der Waals surface area contributed by atoms with Crippen LogP contribution in [0.3, 0.4) is 0 Å². The Labute approximate surface area is 138 Å². The molecule has 3 fully saturated rings. The zero-order valence-corrected chi connectivity index (χ0v) is 14.0. The minimum atomic E-state index is -0.135. The number of piperidine rings is 1. The van der Waals surface area contributed by atoms with Crippen LogP contribution in [0.25, 0.3) is 0 Å². The molecule has 2 aliphatic heterocycles. The molecular weight excluding hydrogens is 286 g/mol. The Balaban J connectivity index is 1.71. The van der Waals surface area contributed by atoms with Gasteiger partial charge in [0.2, 0.25) is 0 Å². The van der Waals surface area contributed by atoms with E-state index in [0.717, 1.165) is 31.9 Å². The third kappa shape index (κ3) is 1.84. The number of rotatable bonds is 2. The fraction of sp³-hybridized carbons (Fsp3) is 0.700. The minimum Gasteiger partial charge on any atom is -0.508 e. The zero-order valence-electron chi connectivity index (χ0n) is 14.0. The van der Waals surface area contributed by atoms with Gasteiger partial charge in [0.15, 0.2) is 0 Å². The van der Waals surface area contributed by atoms with Gasteiger partial charge in [-0.15, -0.1) is 0 Å². The lowest BCUT2D eigenvalue weighted by atomic mass is 9.48. The molecule has 3 heteroatoms. The highest BCUT2D eigenvalue weighted by Gasteiger charge is 2.64. The number of ether oxygens (including phenoxy) is 1. The highest BCUT2D eigenvalue weighted by atomic mass is 16.5. The first kappa shape index (κ1) is 14.3. The van der Waals surface area contributed by atoms with Crippen molar-refractivity contribution in [3.63, 3.8) is 0 Å². The Morgan fingerprint density at radius 3 is 3.04 bits per heavy atom. The Bertz CT molecular complexity index is 641. The van der Waals surface area contributed by atoms with Crippen LogP contribution >= 0.6 is 0 Å². The van der Waals surface area contributed by atoms with Crippen molar-refractivity contribution in [1.29, 1.82) is 0 Å². The highest BCUT2D eigenvalue weighted by molar-refractivity contribution is 5.48. The maximum absolute atomic E-state index is 10.2. The maximum Gasteiger partial charge on any atom is 0.115 e. The van der Waals surface area contributed by atoms with E-state index in [1.807, 2.05) is 6.07 Å². The van der Waals surface area contributed by atoms with Gasteiger partial charge in [0, 0.05) is 18.1 Å². The molecule has 5 rings (SSSR count). The van der Waals surface area contributed by atoms with Crippen molar-refractivity contribution >= 4 is 0 Å². The number of fused-ring (bicyclic) bond motifs is 1. The van der Waals surface area contributed by atoms with Crippen LogP contribution in [0.4, 0.5) is 0 Å². The molecule has 124 valence electrons. The summed E-state index contributed by atoms with van der Waals surface area (Å²) in [7, 11) is 0. The summed E-state index contributed by atoms with van der Waals surface area (Å²) in [5.74, 6) is 1.95. The molecule has 2 heterocycles. The molecule has 2 bridgehead atoms. The standard InChI is InChI=1S/C20H27NO2/c1-19-18-10-14-5-6-16(22)11-17(14)20(19,7-2-8-23-19)15(12-21-18)9-13-3-4-13/h5-6,11,13,15,18,21-22H,2-4,7-10,12H2,1H3/t15?,18-,19-,20?/m0/s1. The molecule has 4 aliphatic rings. The van der Waals surface area contributed by atoms with E-state index in [9.17, 15) is 5.11 Å². The third-order valence-corrected chi connectivity index (χ3v) is 7.29. The summed E-state index contributed by atoms with van der Waals surface area (Å²) >= 11 is 0. The van der Waals surface area contributed by atoms with Gasteiger partial charge in [0.1, 0.15) is 5.75 Å². The van der Waals surface area contributed by atoms with Crippen LogP contribution in [0.1, 0.15) is 50.2 Å². The lowest BCUT2D eigenvalue weighted by molar-refractivity contribution is -0.185. The second kappa shape index (κ2) is 4.73. The average Bonchev–Trinajstić information content (AvgIpc) is 3.34. The Morgan fingerprint density at radius 2 is 2.22 bits per heavy atom. The van der Waals surface area contributed by atoms with Gasteiger partial charge < -0.3 is 15.2 Å². The molecule has 0 spiro atoms. The van der Waals surface area contributed by atoms with E-state index in [0.29, 0.717) is 17.7 Å². The summed E-state index contributed by atoms with van der Waals surface area (Å²) in [5, 5.41) is 14.0. The van der Waals surface area contributed by atoms with E-state index >= 15 is 0 Å². The predicted molar refractivity (Wildman–Crippen MR) is 89.7 cm³/mol. The second-order valence-corrected chi connectivity index (χ2v) is 8.41. The molecule has 3 nitrogen and oxygen atoms in total. The number of benzene rings is 1. The molecule has 0 aromatic heterocycles. The number of nitrogens with one attached hydrogen (secondary N) is 1. The van der Waals surface area contributed by atoms with E-state index in [-0.39, 0.29) is 11.0 Å². The summed E-state index contributed by atoms with van der Waals surface area (Å²) in [6.07, 6.45) is 7.48. The van der Waals surface area contributed by atoms with Gasteiger partial charge in [-0.2, -0.15) is 0 Å². The topological polar surface area (TPSA) is 41.5 Å². The first-order valence-corrected chi connectivity index (χ1v) is 9.33. The first-order valence-electron chi connectivity index (χ1n) is 9.33. The fourth-order valence-electron chi connectivity index (χ4n) is 5.99. The van der Waals surface area contributed by atoms with E-state index in [1.165, 1.54) is 36.8 Å². The summed E-state index contributed by atoms with van der Waals surface area (Å²) < 4.78 is 6.51. The molecule has 23 heavy (non-hydrogen) atoms. The normalized spacial score (nSPS) is 42.0. The highest BCUT2D eigenvalue weighted by Crippen LogP contribution is 2.60. The Kier molecular flexibility index (Phi) is 2.94. The summed E-state index contributed by atoms with van der Waals surface area (Å²) in [5.41, 5.74) is 2.76. The van der Waals surface area contributed by atoms with Crippen molar-refractivity contribution in [2.75, 3.05) is 13.2 Å². The van der Waals surface area contributed by atoms with Crippen LogP contribution in [0, 0.1) is 11.8 Å². The van der Waals surface area contributed by atoms with Crippen molar-refractivity contribution in [3.05, 3.63) is 29.3 Å². The lowest BCUT2D eigenvalue weighted by Gasteiger charge is -2.65. The van der Waals surface area contributed by atoms with Crippen LogP contribution in [-0.4, -0.2) is 29.9 Å². The van der Waals surface area contributed by atoms with Gasteiger partial charge in [-0.1, -0.05) is 18.9 Å². The molecule has 0 amide bonds. The fourth-order valence-corrected chi connectivity index (χ4v) is 5.99. The maximum atomic E-state index is 10.2.